The molecule has 0 bridgehead atoms. The first-order valence-corrected chi connectivity index (χ1v) is 28.0. The van der Waals surface area contributed by atoms with E-state index in [1.54, 1.807) is 51.3 Å². The number of carbonyl (C=O) groups is 8. The molecule has 6 aliphatic rings. The van der Waals surface area contributed by atoms with Crippen LogP contribution in [0.5, 0.6) is 5.75 Å². The van der Waals surface area contributed by atoms with Crippen molar-refractivity contribution >= 4 is 80.6 Å². The molecule has 2 fully saturated rings. The molecule has 8 atom stereocenters. The molecule has 4 aromatic carbocycles. The van der Waals surface area contributed by atoms with Crippen molar-refractivity contribution in [3.05, 3.63) is 157 Å². The average Bonchev–Trinajstić information content (AvgIpc) is 0.695. The van der Waals surface area contributed by atoms with E-state index in [1.165, 1.54) is 30.0 Å². The number of ketones is 4. The third kappa shape index (κ3) is 10.8. The number of carbonyl (C=O) groups excluding carboxylic acids is 8. The van der Waals surface area contributed by atoms with Crippen molar-refractivity contribution in [1.82, 2.24) is 15.1 Å². The number of benzene rings is 4. The standard InChI is InChI=1S/C31H32F2N4O8.C24H30N4O6.C7H3ClF2O/c1-36(2)18-5-6-19(38)20-16(18)10-30(12-35-29(44)13-7-14(32)9-15(33)8-13)11-17-23(37(3)4)25(40)21(28(34)43)26(41)31(17,45)27(42)22(30)24(20)39;1-27(2)14-7-5-6-11-12(14)8-23(10-25)9-13-17(28(3)4)19(30)15(22(26)33)20(31)24(13,34)21(32)16(23)18(11)29;8-7(11)4-1-5(9)3-6(10)2-4/h5-9,17,23,38-39,41,45H,10-12H2,1-4H3,(H2,34,43)(H,35,44);5-7,13,17,29,31,34H,8-10,25H2,1-4H3,(H2,26,33);1-3H/t17-,23-,30-,31+;13-,17-,23-,24+;/m00./s1. The molecule has 3 amide bonds. The Morgan fingerprint density at radius 3 is 1.44 bits per heavy atom. The fraction of sp³-hybridized carbons (Fsp3) is 0.355. The second-order valence-electron chi connectivity index (χ2n) is 23.9. The number of aromatic hydroxyl groups is 1. The van der Waals surface area contributed by atoms with Gasteiger partial charge in [0.25, 0.3) is 23.0 Å². The van der Waals surface area contributed by atoms with Crippen LogP contribution < -0.4 is 32.3 Å². The first-order valence-electron chi connectivity index (χ1n) is 27.6. The van der Waals surface area contributed by atoms with Crippen LogP contribution in [0.25, 0.3) is 11.5 Å². The summed E-state index contributed by atoms with van der Waals surface area (Å²) in [6.45, 7) is -0.501. The number of phenols is 1. The van der Waals surface area contributed by atoms with Crippen LogP contribution in [0.2, 0.25) is 0 Å². The number of likely N-dealkylation sites (N-methyl/N-ethyl adjacent to an activating group) is 2. The van der Waals surface area contributed by atoms with E-state index in [4.69, 9.17) is 28.8 Å². The third-order valence-corrected chi connectivity index (χ3v) is 17.9. The summed E-state index contributed by atoms with van der Waals surface area (Å²) < 4.78 is 52.5. The number of primary amides is 2. The van der Waals surface area contributed by atoms with Gasteiger partial charge in [-0.15, -0.1) is 0 Å². The Morgan fingerprint density at radius 2 is 1.02 bits per heavy atom. The van der Waals surface area contributed by atoms with Gasteiger partial charge in [0.15, 0.2) is 22.8 Å². The maximum absolute atomic E-state index is 14.5. The SMILES string of the molecule is CN(C)c1ccc(O)c2c1C[C@@]1(CNC(=O)c3cc(F)cc(F)c3)C[C@H]3[C@H](N(C)C)C(=O)C(C(N)=O)=C(O)[C@@]3(O)C(=O)C1=C2O.CN(C)c1cccc2c1C[C@@]1(CN)C[C@H]3[C@H](N(C)C)C(=O)C(C(N)=O)=C(O)[C@@]3(O)C(=O)C1=C2O.O=C(Cl)c1cc(F)cc(F)c1. The van der Waals surface area contributed by atoms with Gasteiger partial charge in [0, 0.05) is 115 Å². The van der Waals surface area contributed by atoms with Crippen molar-refractivity contribution in [2.75, 3.05) is 79.3 Å². The Labute approximate surface area is 516 Å². The molecule has 0 aliphatic heterocycles. The second kappa shape index (κ2) is 24.1. The van der Waals surface area contributed by atoms with Crippen LogP contribution in [0, 0.1) is 45.9 Å². The predicted molar refractivity (Wildman–Crippen MR) is 318 cm³/mol. The van der Waals surface area contributed by atoms with E-state index >= 15 is 0 Å². The number of nitrogens with one attached hydrogen (secondary N) is 1. The van der Waals surface area contributed by atoms with E-state index in [2.05, 4.69) is 5.32 Å². The Bertz CT molecular complexity index is 3900. The van der Waals surface area contributed by atoms with E-state index in [0.717, 1.165) is 35.5 Å². The lowest BCUT2D eigenvalue weighted by Gasteiger charge is -2.55. The summed E-state index contributed by atoms with van der Waals surface area (Å²) in [5, 5.41) is 81.3. The maximum atomic E-state index is 14.5. The lowest BCUT2D eigenvalue weighted by molar-refractivity contribution is -0.158. The summed E-state index contributed by atoms with van der Waals surface area (Å²) >= 11 is 4.97. The van der Waals surface area contributed by atoms with Crippen LogP contribution in [-0.4, -0.2) is 184 Å². The number of nitrogens with two attached hydrogens (primary N) is 3. The number of phenolic OH excluding ortho intramolecular Hbond substituents is 1. The summed E-state index contributed by atoms with van der Waals surface area (Å²) in [6, 6.07) is 10.3. The quantitative estimate of drug-likeness (QED) is 0.0584. The van der Waals surface area contributed by atoms with Gasteiger partial charge >= 0.3 is 0 Å². The van der Waals surface area contributed by atoms with Gasteiger partial charge in [-0.3, -0.25) is 48.2 Å². The van der Waals surface area contributed by atoms with E-state index in [-0.39, 0.29) is 60.3 Å². The average molecular weight is 1270 g/mol. The minimum atomic E-state index is -2.91. The molecular formula is C62H65ClF4N8O15. The van der Waals surface area contributed by atoms with Gasteiger partial charge in [0.05, 0.1) is 17.6 Å². The summed E-state index contributed by atoms with van der Waals surface area (Å²) in [5.41, 5.74) is 8.64. The number of fused-ring (bicyclic) bond motifs is 6. The van der Waals surface area contributed by atoms with Crippen LogP contribution in [0.3, 0.4) is 0 Å². The lowest BCUT2D eigenvalue weighted by atomic mass is 9.51. The molecule has 90 heavy (non-hydrogen) atoms. The zero-order valence-electron chi connectivity index (χ0n) is 49.7. The molecule has 23 nitrogen and oxygen atoms in total. The molecule has 478 valence electrons. The van der Waals surface area contributed by atoms with Crippen LogP contribution in [0.1, 0.15) is 55.8 Å². The van der Waals surface area contributed by atoms with Crippen molar-refractivity contribution < 1.29 is 91.7 Å². The van der Waals surface area contributed by atoms with Crippen molar-refractivity contribution in [3.63, 3.8) is 0 Å². The number of halogens is 5. The first kappa shape index (κ1) is 67.0. The monoisotopic (exact) mass is 1270 g/mol. The number of hydrogen-bond acceptors (Lipinski definition) is 20. The Balaban J connectivity index is 0.000000204. The summed E-state index contributed by atoms with van der Waals surface area (Å²) in [5.74, 6) is -17.5. The topological polar surface area (TPSA) is 381 Å². The highest BCUT2D eigenvalue weighted by Crippen LogP contribution is 2.60. The van der Waals surface area contributed by atoms with E-state index in [9.17, 15) is 91.7 Å². The molecule has 0 radical (unpaired) electrons. The van der Waals surface area contributed by atoms with Crippen LogP contribution in [-0.2, 0) is 41.6 Å². The molecule has 0 aromatic heterocycles. The molecule has 10 rings (SSSR count). The van der Waals surface area contributed by atoms with Crippen molar-refractivity contribution in [2.45, 2.75) is 49.0 Å². The second-order valence-corrected chi connectivity index (χ2v) is 24.3. The lowest BCUT2D eigenvalue weighted by Crippen LogP contribution is -2.68. The molecule has 0 unspecified atom stereocenters. The number of amides is 3. The minimum Gasteiger partial charge on any atom is -0.508 e. The zero-order chi connectivity index (χ0) is 67.1. The predicted octanol–water partition coefficient (Wildman–Crippen LogP) is 3.11. The normalized spacial score (nSPS) is 25.8. The van der Waals surface area contributed by atoms with E-state index in [0.29, 0.717) is 28.9 Å². The molecule has 14 N–H and O–H groups in total. The van der Waals surface area contributed by atoms with Gasteiger partial charge in [-0.1, -0.05) is 12.1 Å². The number of aliphatic hydroxyl groups is 6. The molecular weight excluding hydrogens is 1210 g/mol. The van der Waals surface area contributed by atoms with Gasteiger partial charge in [0.2, 0.25) is 11.6 Å². The van der Waals surface area contributed by atoms with Gasteiger partial charge < -0.3 is 68.1 Å². The summed E-state index contributed by atoms with van der Waals surface area (Å²) in [7, 11) is 13.2. The highest BCUT2D eigenvalue weighted by atomic mass is 35.5. The van der Waals surface area contributed by atoms with Gasteiger partial charge in [-0.25, -0.2) is 17.6 Å². The third-order valence-electron chi connectivity index (χ3n) is 17.7. The number of anilines is 2. The smallest absolute Gasteiger partial charge is 0.255 e. The molecule has 6 aliphatic carbocycles. The van der Waals surface area contributed by atoms with E-state index < -0.39 is 162 Å². The Hall–Kier alpha value is -8.99. The van der Waals surface area contributed by atoms with Crippen molar-refractivity contribution in [2.24, 2.45) is 39.9 Å². The van der Waals surface area contributed by atoms with Gasteiger partial charge in [-0.2, -0.15) is 0 Å². The largest absolute Gasteiger partial charge is 0.508 e. The molecule has 0 spiro atoms. The van der Waals surface area contributed by atoms with Crippen molar-refractivity contribution in [3.8, 4) is 5.75 Å². The first-order chi connectivity index (χ1) is 41.9. The van der Waals surface area contributed by atoms with Crippen LogP contribution in [0.4, 0.5) is 28.9 Å². The maximum Gasteiger partial charge on any atom is 0.255 e. The molecule has 28 heteroatoms. The molecule has 2 saturated carbocycles. The number of nitrogens with zero attached hydrogens (tertiary/aromatic N) is 4. The van der Waals surface area contributed by atoms with E-state index in [1.807, 2.05) is 25.1 Å². The van der Waals surface area contributed by atoms with Gasteiger partial charge in [-0.05, 0) is 119 Å². The van der Waals surface area contributed by atoms with Gasteiger partial charge in [0.1, 0.15) is 63.2 Å². The molecule has 0 heterocycles. The van der Waals surface area contributed by atoms with Crippen LogP contribution in [0.15, 0.2) is 101 Å². The molecule has 4 aromatic rings. The minimum absolute atomic E-state index is 0.0109. The van der Waals surface area contributed by atoms with Crippen LogP contribution >= 0.6 is 11.6 Å². The number of Topliss-reactive ketones (excluding diaryl/α,β-unsaturated/α-hetero) is 4. The Kier molecular flexibility index (Phi) is 17.9. The Morgan fingerprint density at radius 1 is 0.600 bits per heavy atom. The fourth-order valence-corrected chi connectivity index (χ4v) is 13.9. The number of hydrogen-bond donors (Lipinski definition) is 11. The van der Waals surface area contributed by atoms with Crippen molar-refractivity contribution in [1.29, 1.82) is 0 Å². The highest BCUT2D eigenvalue weighted by molar-refractivity contribution is 6.67. The zero-order valence-corrected chi connectivity index (χ0v) is 50.5. The summed E-state index contributed by atoms with van der Waals surface area (Å²) in [4.78, 5) is 109. The fourth-order valence-electron chi connectivity index (χ4n) is 13.8. The number of aliphatic hydroxyl groups excluding tert-OH is 4. The number of rotatable bonds is 11. The highest BCUT2D eigenvalue weighted by Gasteiger charge is 2.69. The summed E-state index contributed by atoms with van der Waals surface area (Å²) in [6.07, 6.45) is -0.177. The molecule has 0 saturated heterocycles.